The average molecular weight is 310 g/mol. The Labute approximate surface area is 129 Å². The molecule has 2 rings (SSSR count). The van der Waals surface area contributed by atoms with Gasteiger partial charge in [0.2, 0.25) is 0 Å². The molecule has 0 atom stereocenters. The van der Waals surface area contributed by atoms with Crippen molar-refractivity contribution in [3.63, 3.8) is 0 Å². The molecule has 0 bridgehead atoms. The molecule has 5 heteroatoms. The van der Waals surface area contributed by atoms with E-state index in [-0.39, 0.29) is 24.5 Å². The van der Waals surface area contributed by atoms with E-state index in [1.165, 1.54) is 0 Å². The summed E-state index contributed by atoms with van der Waals surface area (Å²) in [5, 5.41) is 3.34. The Bertz CT molecular complexity index is 521. The van der Waals surface area contributed by atoms with Crippen LogP contribution in [0.4, 0.5) is 0 Å². The second kappa shape index (κ2) is 6.48. The Morgan fingerprint density at radius 3 is 2.38 bits per heavy atom. The van der Waals surface area contributed by atoms with Crippen LogP contribution >= 0.6 is 11.6 Å². The molecule has 0 heterocycles. The molecule has 1 aliphatic rings. The number of hydrogen-bond acceptors (Lipinski definition) is 3. The summed E-state index contributed by atoms with van der Waals surface area (Å²) in [7, 11) is 0. The lowest BCUT2D eigenvalue weighted by molar-refractivity contribution is -0.157. The van der Waals surface area contributed by atoms with Crippen LogP contribution in [-0.2, 0) is 19.7 Å². The van der Waals surface area contributed by atoms with Gasteiger partial charge in [0.15, 0.2) is 6.61 Å². The molecular weight excluding hydrogens is 290 g/mol. The summed E-state index contributed by atoms with van der Waals surface area (Å²) in [5.41, 5.74) is 0.301. The van der Waals surface area contributed by atoms with Crippen molar-refractivity contribution in [2.75, 3.05) is 6.61 Å². The molecule has 21 heavy (non-hydrogen) atoms. The minimum Gasteiger partial charge on any atom is -0.455 e. The van der Waals surface area contributed by atoms with Crippen molar-refractivity contribution in [3.8, 4) is 0 Å². The van der Waals surface area contributed by atoms with Crippen molar-refractivity contribution < 1.29 is 14.3 Å². The normalized spacial score (nSPS) is 16.2. The molecule has 4 nitrogen and oxygen atoms in total. The maximum atomic E-state index is 12.4. The predicted molar refractivity (Wildman–Crippen MR) is 81.2 cm³/mol. The molecule has 1 saturated carbocycles. The van der Waals surface area contributed by atoms with E-state index in [1.807, 2.05) is 26.0 Å². The first-order valence-electron chi connectivity index (χ1n) is 7.17. The molecule has 0 unspecified atom stereocenters. The van der Waals surface area contributed by atoms with Gasteiger partial charge in [0.1, 0.15) is 0 Å². The van der Waals surface area contributed by atoms with Crippen LogP contribution in [0.5, 0.6) is 0 Å². The minimum absolute atomic E-state index is 0.0325. The summed E-state index contributed by atoms with van der Waals surface area (Å²) in [6.07, 6.45) is 2.48. The summed E-state index contributed by atoms with van der Waals surface area (Å²) in [5.74, 6) is -0.598. The summed E-state index contributed by atoms with van der Waals surface area (Å²) >= 11 is 5.88. The van der Waals surface area contributed by atoms with E-state index in [2.05, 4.69) is 5.32 Å². The number of rotatable bonds is 5. The molecule has 1 amide bonds. The zero-order valence-corrected chi connectivity index (χ0v) is 13.1. The van der Waals surface area contributed by atoms with Gasteiger partial charge in [0.25, 0.3) is 5.91 Å². The second-order valence-electron chi connectivity index (χ2n) is 5.74. The fraction of sp³-hybridized carbons (Fsp3) is 0.500. The summed E-state index contributed by atoms with van der Waals surface area (Å²) in [6, 6.07) is 7.30. The van der Waals surface area contributed by atoms with Gasteiger partial charge in [-0.25, -0.2) is 0 Å². The first-order chi connectivity index (χ1) is 9.94. The molecule has 0 spiro atoms. The third kappa shape index (κ3) is 3.56. The van der Waals surface area contributed by atoms with E-state index in [1.54, 1.807) is 12.1 Å². The highest BCUT2D eigenvalue weighted by molar-refractivity contribution is 6.30. The first kappa shape index (κ1) is 15.8. The fourth-order valence-corrected chi connectivity index (χ4v) is 2.67. The zero-order valence-electron chi connectivity index (χ0n) is 12.3. The number of esters is 1. The number of ether oxygens (including phenoxy) is 1. The monoisotopic (exact) mass is 309 g/mol. The number of carbonyl (C=O) groups excluding carboxylic acids is 2. The number of amides is 1. The number of carbonyl (C=O) groups is 2. The maximum absolute atomic E-state index is 12.4. The Morgan fingerprint density at radius 1 is 1.29 bits per heavy atom. The third-order valence-electron chi connectivity index (χ3n) is 3.78. The molecule has 1 aromatic rings. The topological polar surface area (TPSA) is 55.4 Å². The summed E-state index contributed by atoms with van der Waals surface area (Å²) in [4.78, 5) is 24.0. The Morgan fingerprint density at radius 2 is 1.90 bits per heavy atom. The fourth-order valence-electron chi connectivity index (χ4n) is 2.54. The number of benzene rings is 1. The number of halogens is 1. The van der Waals surface area contributed by atoms with Crippen molar-refractivity contribution in [1.29, 1.82) is 0 Å². The van der Waals surface area contributed by atoms with Crippen molar-refractivity contribution in [2.45, 2.75) is 44.6 Å². The molecule has 0 saturated heterocycles. The largest absolute Gasteiger partial charge is 0.455 e. The Hall–Kier alpha value is -1.55. The van der Waals surface area contributed by atoms with E-state index >= 15 is 0 Å². The summed E-state index contributed by atoms with van der Waals surface area (Å²) in [6.45, 7) is 3.49. The molecule has 1 aliphatic carbocycles. The van der Waals surface area contributed by atoms with E-state index < -0.39 is 5.41 Å². The highest BCUT2D eigenvalue weighted by atomic mass is 35.5. The number of hydrogen-bond donors (Lipinski definition) is 1. The van der Waals surface area contributed by atoms with E-state index in [0.29, 0.717) is 5.02 Å². The van der Waals surface area contributed by atoms with Crippen LogP contribution in [0.3, 0.4) is 0 Å². The lowest BCUT2D eigenvalue weighted by atomic mass is 9.64. The van der Waals surface area contributed by atoms with E-state index in [4.69, 9.17) is 16.3 Å². The smallest absolute Gasteiger partial charge is 0.317 e. The van der Waals surface area contributed by atoms with Gasteiger partial charge in [-0.15, -0.1) is 0 Å². The van der Waals surface area contributed by atoms with Gasteiger partial charge in [-0.2, -0.15) is 0 Å². The lowest BCUT2D eigenvalue weighted by Gasteiger charge is -2.39. The van der Waals surface area contributed by atoms with Crippen molar-refractivity contribution in [2.24, 2.45) is 0 Å². The molecule has 0 aliphatic heterocycles. The van der Waals surface area contributed by atoms with Crippen LogP contribution < -0.4 is 5.32 Å². The van der Waals surface area contributed by atoms with Crippen LogP contribution in [-0.4, -0.2) is 24.5 Å². The molecule has 114 valence electrons. The molecule has 1 fully saturated rings. The standard InChI is InChI=1S/C16H20ClNO3/c1-11(2)18-14(19)10-21-15(20)16(8-3-9-16)12-4-6-13(17)7-5-12/h4-7,11H,3,8-10H2,1-2H3,(H,18,19). The van der Waals surface area contributed by atoms with Gasteiger partial charge in [-0.1, -0.05) is 30.2 Å². The molecule has 0 aromatic heterocycles. The average Bonchev–Trinajstić information content (AvgIpc) is 2.36. The minimum atomic E-state index is -0.608. The van der Waals surface area contributed by atoms with Crippen molar-refractivity contribution in [3.05, 3.63) is 34.9 Å². The number of nitrogens with one attached hydrogen (secondary N) is 1. The van der Waals surface area contributed by atoms with Gasteiger partial charge >= 0.3 is 5.97 Å². The van der Waals surface area contributed by atoms with Crippen LogP contribution in [0.15, 0.2) is 24.3 Å². The Balaban J connectivity index is 2.02. The molecule has 0 radical (unpaired) electrons. The Kier molecular flexibility index (Phi) is 4.88. The van der Waals surface area contributed by atoms with Gasteiger partial charge in [0.05, 0.1) is 5.41 Å². The van der Waals surface area contributed by atoms with Crippen molar-refractivity contribution in [1.82, 2.24) is 5.32 Å². The van der Waals surface area contributed by atoms with E-state index in [9.17, 15) is 9.59 Å². The zero-order chi connectivity index (χ0) is 15.5. The highest BCUT2D eigenvalue weighted by Crippen LogP contribution is 2.45. The van der Waals surface area contributed by atoms with Crippen LogP contribution in [0.1, 0.15) is 38.7 Å². The van der Waals surface area contributed by atoms with Crippen LogP contribution in [0, 0.1) is 0 Å². The van der Waals surface area contributed by atoms with Gasteiger partial charge < -0.3 is 10.1 Å². The molecule has 1 aromatic carbocycles. The van der Waals surface area contributed by atoms with E-state index in [0.717, 1.165) is 24.8 Å². The van der Waals surface area contributed by atoms with Gasteiger partial charge in [0, 0.05) is 11.1 Å². The lowest BCUT2D eigenvalue weighted by Crippen LogP contribution is -2.45. The highest BCUT2D eigenvalue weighted by Gasteiger charge is 2.47. The quantitative estimate of drug-likeness (QED) is 0.851. The van der Waals surface area contributed by atoms with Crippen molar-refractivity contribution >= 4 is 23.5 Å². The predicted octanol–water partition coefficient (Wildman–Crippen LogP) is 2.83. The van der Waals surface area contributed by atoms with Gasteiger partial charge in [-0.3, -0.25) is 9.59 Å². The molecular formula is C16H20ClNO3. The first-order valence-corrected chi connectivity index (χ1v) is 7.54. The van der Waals surface area contributed by atoms with Crippen LogP contribution in [0.2, 0.25) is 5.02 Å². The van der Waals surface area contributed by atoms with Crippen LogP contribution in [0.25, 0.3) is 0 Å². The molecule has 1 N–H and O–H groups in total. The SMILES string of the molecule is CC(C)NC(=O)COC(=O)C1(c2ccc(Cl)cc2)CCC1. The second-order valence-corrected chi connectivity index (χ2v) is 6.18. The van der Waals surface area contributed by atoms with Gasteiger partial charge in [-0.05, 0) is 44.4 Å². The summed E-state index contributed by atoms with van der Waals surface area (Å²) < 4.78 is 5.21. The maximum Gasteiger partial charge on any atom is 0.317 e. The third-order valence-corrected chi connectivity index (χ3v) is 4.03.